The van der Waals surface area contributed by atoms with E-state index in [1.165, 1.54) is 6.07 Å². The highest BCUT2D eigenvalue weighted by Gasteiger charge is 2.07. The Morgan fingerprint density at radius 2 is 2.16 bits per heavy atom. The van der Waals surface area contributed by atoms with Gasteiger partial charge in [-0.3, -0.25) is 0 Å². The minimum Gasteiger partial charge on any atom is -0.486 e. The van der Waals surface area contributed by atoms with E-state index in [1.807, 2.05) is 6.07 Å². The largest absolute Gasteiger partial charge is 0.486 e. The molecule has 0 aliphatic heterocycles. The van der Waals surface area contributed by atoms with Gasteiger partial charge >= 0.3 is 0 Å². The Labute approximate surface area is 112 Å². The molecule has 0 radical (unpaired) electrons. The first-order valence-corrected chi connectivity index (χ1v) is 6.35. The Morgan fingerprint density at radius 3 is 2.89 bits per heavy atom. The highest BCUT2D eigenvalue weighted by molar-refractivity contribution is 5.29. The fourth-order valence-corrected chi connectivity index (χ4v) is 1.77. The molecule has 0 atom stereocenters. The van der Waals surface area contributed by atoms with Crippen LogP contribution in [0.5, 0.6) is 5.75 Å². The van der Waals surface area contributed by atoms with E-state index in [2.05, 4.69) is 12.2 Å². The van der Waals surface area contributed by atoms with Crippen LogP contribution in [0.1, 0.15) is 23.8 Å². The summed E-state index contributed by atoms with van der Waals surface area (Å²) in [6.45, 7) is 5.78. The van der Waals surface area contributed by atoms with E-state index in [9.17, 15) is 4.39 Å². The Kier molecular flexibility index (Phi) is 4.58. The minimum atomic E-state index is -0.224. The standard InChI is InChI=1S/C15H18FNO2/c1-3-17-9-12-6-7-18-15(12)10-19-13-4-5-14(16)11(2)8-13/h4-8,17H,3,9-10H2,1-2H3. The zero-order valence-electron chi connectivity index (χ0n) is 11.2. The summed E-state index contributed by atoms with van der Waals surface area (Å²) in [6.07, 6.45) is 1.65. The normalized spacial score (nSPS) is 10.7. The predicted molar refractivity (Wildman–Crippen MR) is 71.6 cm³/mol. The van der Waals surface area contributed by atoms with Crippen molar-refractivity contribution in [1.29, 1.82) is 0 Å². The van der Waals surface area contributed by atoms with Crippen molar-refractivity contribution >= 4 is 0 Å². The van der Waals surface area contributed by atoms with Crippen LogP contribution in [0.4, 0.5) is 4.39 Å². The van der Waals surface area contributed by atoms with Gasteiger partial charge in [0, 0.05) is 12.1 Å². The van der Waals surface area contributed by atoms with E-state index < -0.39 is 0 Å². The molecule has 3 nitrogen and oxygen atoms in total. The molecule has 0 bridgehead atoms. The topological polar surface area (TPSA) is 34.4 Å². The molecule has 19 heavy (non-hydrogen) atoms. The van der Waals surface area contributed by atoms with Gasteiger partial charge in [-0.15, -0.1) is 0 Å². The molecule has 0 fully saturated rings. The quantitative estimate of drug-likeness (QED) is 0.867. The summed E-state index contributed by atoms with van der Waals surface area (Å²) in [4.78, 5) is 0. The first-order valence-electron chi connectivity index (χ1n) is 6.35. The lowest BCUT2D eigenvalue weighted by atomic mass is 10.2. The van der Waals surface area contributed by atoms with Crippen molar-refractivity contribution in [2.24, 2.45) is 0 Å². The number of halogens is 1. The fraction of sp³-hybridized carbons (Fsp3) is 0.333. The molecule has 1 aromatic carbocycles. The Morgan fingerprint density at radius 1 is 1.32 bits per heavy atom. The lowest BCUT2D eigenvalue weighted by Crippen LogP contribution is -2.12. The van der Waals surface area contributed by atoms with E-state index in [4.69, 9.17) is 9.15 Å². The lowest BCUT2D eigenvalue weighted by molar-refractivity contribution is 0.267. The van der Waals surface area contributed by atoms with Crippen LogP contribution in [-0.2, 0) is 13.2 Å². The molecule has 1 aromatic heterocycles. The van der Waals surface area contributed by atoms with Crippen molar-refractivity contribution in [3.8, 4) is 5.75 Å². The van der Waals surface area contributed by atoms with Gasteiger partial charge in [0.1, 0.15) is 23.9 Å². The molecule has 2 rings (SSSR count). The minimum absolute atomic E-state index is 0.224. The molecule has 0 spiro atoms. The zero-order valence-corrected chi connectivity index (χ0v) is 11.2. The Balaban J connectivity index is 1.98. The van der Waals surface area contributed by atoms with Crippen LogP contribution in [0.2, 0.25) is 0 Å². The van der Waals surface area contributed by atoms with Crippen LogP contribution in [-0.4, -0.2) is 6.54 Å². The molecule has 2 aromatic rings. The number of benzene rings is 1. The molecule has 0 unspecified atom stereocenters. The number of rotatable bonds is 6. The summed E-state index contributed by atoms with van der Waals surface area (Å²) in [6, 6.07) is 6.64. The molecule has 0 aliphatic carbocycles. The second-order valence-electron chi connectivity index (χ2n) is 4.35. The number of furan rings is 1. The van der Waals surface area contributed by atoms with Gasteiger partial charge in [-0.25, -0.2) is 4.39 Å². The third kappa shape index (κ3) is 3.58. The molecule has 102 valence electrons. The average molecular weight is 263 g/mol. The maximum Gasteiger partial charge on any atom is 0.146 e. The maximum atomic E-state index is 13.1. The summed E-state index contributed by atoms with van der Waals surface area (Å²) in [5, 5.41) is 3.24. The van der Waals surface area contributed by atoms with E-state index >= 15 is 0 Å². The second kappa shape index (κ2) is 6.38. The van der Waals surface area contributed by atoms with Gasteiger partial charge in [0.2, 0.25) is 0 Å². The number of hydrogen-bond acceptors (Lipinski definition) is 3. The lowest BCUT2D eigenvalue weighted by Gasteiger charge is -2.07. The SMILES string of the molecule is CCNCc1ccoc1COc1ccc(F)c(C)c1. The Bertz CT molecular complexity index is 537. The molecule has 0 saturated carbocycles. The number of nitrogens with one attached hydrogen (secondary N) is 1. The van der Waals surface area contributed by atoms with Crippen LogP contribution in [0.15, 0.2) is 34.9 Å². The number of hydrogen-bond donors (Lipinski definition) is 1. The molecule has 1 N–H and O–H groups in total. The summed E-state index contributed by atoms with van der Waals surface area (Å²) in [5.41, 5.74) is 1.66. The third-order valence-corrected chi connectivity index (χ3v) is 2.90. The number of ether oxygens (including phenoxy) is 1. The smallest absolute Gasteiger partial charge is 0.146 e. The summed E-state index contributed by atoms with van der Waals surface area (Å²) in [7, 11) is 0. The predicted octanol–water partition coefficient (Wildman–Crippen LogP) is 3.42. The number of aryl methyl sites for hydroxylation is 1. The summed E-state index contributed by atoms with van der Waals surface area (Å²) in [5.74, 6) is 1.21. The molecular formula is C15H18FNO2. The molecule has 0 aliphatic rings. The second-order valence-corrected chi connectivity index (χ2v) is 4.35. The molecule has 4 heteroatoms. The molecule has 1 heterocycles. The van der Waals surface area contributed by atoms with Gasteiger partial charge in [0.15, 0.2) is 0 Å². The van der Waals surface area contributed by atoms with Gasteiger partial charge in [0.25, 0.3) is 0 Å². The zero-order chi connectivity index (χ0) is 13.7. The monoisotopic (exact) mass is 263 g/mol. The summed E-state index contributed by atoms with van der Waals surface area (Å²) >= 11 is 0. The van der Waals surface area contributed by atoms with Gasteiger partial charge < -0.3 is 14.5 Å². The highest BCUT2D eigenvalue weighted by atomic mass is 19.1. The molecule has 0 amide bonds. The molecular weight excluding hydrogens is 245 g/mol. The Hall–Kier alpha value is -1.81. The van der Waals surface area contributed by atoms with Gasteiger partial charge in [0.05, 0.1) is 6.26 Å². The summed E-state index contributed by atoms with van der Waals surface area (Å²) < 4.78 is 24.2. The van der Waals surface area contributed by atoms with Crippen molar-refractivity contribution in [2.45, 2.75) is 27.0 Å². The van der Waals surface area contributed by atoms with Crippen LogP contribution < -0.4 is 10.1 Å². The van der Waals surface area contributed by atoms with Crippen LogP contribution in [0.25, 0.3) is 0 Å². The fourth-order valence-electron chi connectivity index (χ4n) is 1.77. The van der Waals surface area contributed by atoms with Crippen molar-refractivity contribution < 1.29 is 13.5 Å². The van der Waals surface area contributed by atoms with Gasteiger partial charge in [-0.05, 0) is 43.3 Å². The first-order chi connectivity index (χ1) is 9.20. The highest BCUT2D eigenvalue weighted by Crippen LogP contribution is 2.19. The molecule has 0 saturated heterocycles. The van der Waals surface area contributed by atoms with E-state index in [0.29, 0.717) is 17.9 Å². The van der Waals surface area contributed by atoms with E-state index in [-0.39, 0.29) is 5.82 Å². The van der Waals surface area contributed by atoms with Gasteiger partial charge in [-0.2, -0.15) is 0 Å². The van der Waals surface area contributed by atoms with Crippen molar-refractivity contribution in [2.75, 3.05) is 6.54 Å². The van der Waals surface area contributed by atoms with E-state index in [0.717, 1.165) is 24.4 Å². The maximum absolute atomic E-state index is 13.1. The van der Waals surface area contributed by atoms with Crippen LogP contribution >= 0.6 is 0 Å². The van der Waals surface area contributed by atoms with Crippen molar-refractivity contribution in [1.82, 2.24) is 5.32 Å². The third-order valence-electron chi connectivity index (χ3n) is 2.90. The first kappa shape index (κ1) is 13.6. The van der Waals surface area contributed by atoms with Crippen LogP contribution in [0.3, 0.4) is 0 Å². The van der Waals surface area contributed by atoms with Crippen molar-refractivity contribution in [3.05, 3.63) is 53.2 Å². The van der Waals surface area contributed by atoms with Gasteiger partial charge in [-0.1, -0.05) is 6.92 Å². The van der Waals surface area contributed by atoms with E-state index in [1.54, 1.807) is 25.3 Å². The van der Waals surface area contributed by atoms with Crippen LogP contribution in [0, 0.1) is 12.7 Å². The average Bonchev–Trinajstić information content (AvgIpc) is 2.85. The van der Waals surface area contributed by atoms with Crippen molar-refractivity contribution in [3.63, 3.8) is 0 Å².